The number of anilines is 1. The summed E-state index contributed by atoms with van der Waals surface area (Å²) >= 11 is 0. The van der Waals surface area contributed by atoms with Crippen molar-refractivity contribution in [1.82, 2.24) is 29.2 Å². The summed E-state index contributed by atoms with van der Waals surface area (Å²) in [6, 6.07) is 6.63. The first kappa shape index (κ1) is 38.2. The molecule has 3 aromatic rings. The molecule has 4 heterocycles. The number of amidine groups is 1. The Hall–Kier alpha value is -5.02. The maximum absolute atomic E-state index is 13.5. The Morgan fingerprint density at radius 3 is 2.60 bits per heavy atom. The van der Waals surface area contributed by atoms with E-state index in [0.29, 0.717) is 48.8 Å². The molecule has 280 valence electrons. The minimum atomic E-state index is -1.41. The number of benzene rings is 1. The Bertz CT molecular complexity index is 1800. The first-order valence-corrected chi connectivity index (χ1v) is 17.1. The van der Waals surface area contributed by atoms with E-state index < -0.39 is 24.6 Å². The third kappa shape index (κ3) is 8.37. The van der Waals surface area contributed by atoms with Gasteiger partial charge in [-0.3, -0.25) is 14.8 Å². The van der Waals surface area contributed by atoms with Crippen LogP contribution in [0.4, 0.5) is 10.6 Å². The number of aryl methyl sites for hydroxylation is 1. The van der Waals surface area contributed by atoms with Gasteiger partial charge in [0.15, 0.2) is 5.65 Å². The first-order chi connectivity index (χ1) is 24.8. The number of hydrogen-bond acceptors (Lipinski definition) is 12. The molecule has 5 rings (SSSR count). The zero-order chi connectivity index (χ0) is 37.7. The topological polar surface area (TPSA) is 194 Å². The predicted molar refractivity (Wildman–Crippen MR) is 190 cm³/mol. The number of carbonyl (C=O) groups is 2. The van der Waals surface area contributed by atoms with Gasteiger partial charge in [0.25, 0.3) is 12.6 Å². The molecule has 17 heteroatoms. The number of nitrogens with zero attached hydrogens (tertiary/aromatic N) is 8. The highest BCUT2D eigenvalue weighted by Crippen LogP contribution is 2.30. The van der Waals surface area contributed by atoms with E-state index in [4.69, 9.17) is 26.2 Å². The van der Waals surface area contributed by atoms with Crippen LogP contribution in [0, 0.1) is 24.8 Å². The lowest BCUT2D eigenvalue weighted by molar-refractivity contribution is -0.242. The molecule has 2 aliphatic heterocycles. The van der Waals surface area contributed by atoms with Gasteiger partial charge >= 0.3 is 11.9 Å². The van der Waals surface area contributed by atoms with Crippen molar-refractivity contribution < 1.29 is 39.1 Å². The van der Waals surface area contributed by atoms with E-state index in [1.54, 1.807) is 55.2 Å². The number of amides is 2. The second kappa shape index (κ2) is 16.5. The van der Waals surface area contributed by atoms with Gasteiger partial charge in [-0.25, -0.2) is 21.3 Å². The number of fused-ring (bicyclic) bond motifs is 1. The molecule has 17 nitrogen and oxygen atoms in total. The van der Waals surface area contributed by atoms with E-state index in [-0.39, 0.29) is 49.7 Å². The summed E-state index contributed by atoms with van der Waals surface area (Å²) in [4.78, 5) is 45.1. The number of carbonyl (C=O) groups excluding carboxylic acids is 2. The Kier molecular flexibility index (Phi) is 12.2. The van der Waals surface area contributed by atoms with Crippen molar-refractivity contribution in [3.8, 4) is 5.75 Å². The van der Waals surface area contributed by atoms with Gasteiger partial charge in [-0.15, -0.1) is 0 Å². The third-order valence-corrected chi connectivity index (χ3v) is 9.74. The van der Waals surface area contributed by atoms with Crippen LogP contribution in [0.3, 0.4) is 0 Å². The summed E-state index contributed by atoms with van der Waals surface area (Å²) in [6.45, 7) is 12.5. The number of rotatable bonds is 10. The predicted octanol–water partition coefficient (Wildman–Crippen LogP) is 1.13. The van der Waals surface area contributed by atoms with Gasteiger partial charge in [-0.1, -0.05) is 13.0 Å². The Morgan fingerprint density at radius 1 is 1.12 bits per heavy atom. The molecule has 2 aromatic heterocycles. The quantitative estimate of drug-likeness (QED) is 0.133. The van der Waals surface area contributed by atoms with Crippen LogP contribution in [-0.2, 0) is 20.9 Å². The van der Waals surface area contributed by atoms with Crippen LogP contribution in [-0.4, -0.2) is 154 Å². The van der Waals surface area contributed by atoms with E-state index in [1.165, 1.54) is 15.8 Å². The molecule has 0 radical (unpaired) electrons. The molecule has 0 aliphatic carbocycles. The van der Waals surface area contributed by atoms with Crippen LogP contribution < -0.4 is 9.64 Å². The van der Waals surface area contributed by atoms with Gasteiger partial charge < -0.3 is 54.0 Å². The molecule has 2 fully saturated rings. The monoisotopic (exact) mass is 721 g/mol. The number of aliphatic hydroxyl groups is 3. The summed E-state index contributed by atoms with van der Waals surface area (Å²) in [5.74, 6) is 1.18. The molecule has 0 bridgehead atoms. The smallest absolute Gasteiger partial charge is 0.329 e. The second-order valence-corrected chi connectivity index (χ2v) is 13.4. The molecule has 6 atom stereocenters. The fourth-order valence-corrected chi connectivity index (χ4v) is 6.36. The average Bonchev–Trinajstić information content (AvgIpc) is 3.58. The molecule has 0 unspecified atom stereocenters. The largest absolute Gasteiger partial charge is 0.462 e. The summed E-state index contributed by atoms with van der Waals surface area (Å²) < 4.78 is 18.2. The number of aromatic nitrogens is 3. The van der Waals surface area contributed by atoms with Crippen molar-refractivity contribution in [1.29, 1.82) is 5.41 Å². The lowest BCUT2D eigenvalue weighted by atomic mass is 9.92. The van der Waals surface area contributed by atoms with Crippen LogP contribution in [0.2, 0.25) is 0 Å². The third-order valence-electron chi connectivity index (χ3n) is 9.74. The molecule has 0 spiro atoms. The molecule has 0 saturated carbocycles. The minimum Gasteiger partial charge on any atom is -0.462 e. The summed E-state index contributed by atoms with van der Waals surface area (Å²) in [5.41, 5.74) is 1.94. The SMILES string of the molecule is [C-]#[N+]CC(=O)N1CC[C@@H](C)[C@@H](N(C)c2ncnc3c2ccn3C(=O)N(C)CCN(C)C(=N)OCc2ccc(O[C@@H]3OC[C@@H](O)[C@H](O)[C@H]3O)c(C)c2)C1. The van der Waals surface area contributed by atoms with Crippen molar-refractivity contribution in [3.05, 3.63) is 59.3 Å². The van der Waals surface area contributed by atoms with Crippen LogP contribution >= 0.6 is 0 Å². The molecule has 4 N–H and O–H groups in total. The number of aliphatic hydroxyl groups excluding tert-OH is 3. The van der Waals surface area contributed by atoms with Crippen molar-refractivity contribution in [2.45, 2.75) is 57.5 Å². The Balaban J connectivity index is 1.14. The number of nitrogens with one attached hydrogen (secondary N) is 1. The zero-order valence-electron chi connectivity index (χ0n) is 30.0. The highest BCUT2D eigenvalue weighted by Gasteiger charge is 2.39. The summed E-state index contributed by atoms with van der Waals surface area (Å²) in [5, 5.41) is 38.8. The Morgan fingerprint density at radius 2 is 1.87 bits per heavy atom. The van der Waals surface area contributed by atoms with Crippen molar-refractivity contribution >= 4 is 34.8 Å². The normalized spacial score (nSPS) is 23.1. The van der Waals surface area contributed by atoms with Crippen LogP contribution in [0.1, 0.15) is 24.5 Å². The summed E-state index contributed by atoms with van der Waals surface area (Å²) in [7, 11) is 5.30. The number of ether oxygens (including phenoxy) is 3. The minimum absolute atomic E-state index is 0.0301. The fraction of sp³-hybridized carbons (Fsp3) is 0.543. The Labute approximate surface area is 302 Å². The van der Waals surface area contributed by atoms with Gasteiger partial charge in [-0.05, 0) is 48.6 Å². The highest BCUT2D eigenvalue weighted by molar-refractivity contribution is 5.95. The first-order valence-electron chi connectivity index (χ1n) is 17.1. The van der Waals surface area contributed by atoms with Crippen LogP contribution in [0.15, 0.2) is 36.8 Å². The number of piperidine rings is 1. The standard InChI is InChI=1S/C35H47N9O8/c1-21-9-11-43(28(46)16-37-3)17-25(21)42(6)31-24-10-12-44(32(24)39-20-38-31)35(49)41(5)14-13-40(4)34(36)51-18-23-7-8-27(22(2)15-23)52-33-30(48)29(47)26(45)19-50-33/h7-8,10,12,15,20-21,25-26,29-30,33,36,45,47-48H,9,11,13-14,16-19H2,1-2,4-6H3/t21-,25+,26-,29+,30-,33+/m1/s1. The van der Waals surface area contributed by atoms with Gasteiger partial charge in [0.2, 0.25) is 6.29 Å². The summed E-state index contributed by atoms with van der Waals surface area (Å²) in [6.07, 6.45) is -1.21. The molecule has 2 saturated heterocycles. The van der Waals surface area contributed by atoms with E-state index in [1.807, 2.05) is 18.0 Å². The molecule has 2 aliphatic rings. The molecule has 52 heavy (non-hydrogen) atoms. The van der Waals surface area contributed by atoms with Crippen molar-refractivity contribution in [2.75, 3.05) is 65.4 Å². The molecule has 1 aromatic carbocycles. The van der Waals surface area contributed by atoms with Gasteiger partial charge in [0, 0.05) is 53.5 Å². The van der Waals surface area contributed by atoms with E-state index in [2.05, 4.69) is 21.7 Å². The van der Waals surface area contributed by atoms with Crippen molar-refractivity contribution in [2.24, 2.45) is 5.92 Å². The van der Waals surface area contributed by atoms with Gasteiger partial charge in [0.05, 0.1) is 18.0 Å². The number of hydrogen-bond donors (Lipinski definition) is 4. The van der Waals surface area contributed by atoms with Crippen LogP contribution in [0.25, 0.3) is 15.9 Å². The lowest BCUT2D eigenvalue weighted by Gasteiger charge is -2.41. The average molecular weight is 722 g/mol. The number of likely N-dealkylation sites (tertiary alicyclic amines) is 1. The van der Waals surface area contributed by atoms with E-state index in [9.17, 15) is 24.9 Å². The number of likely N-dealkylation sites (N-methyl/N-ethyl adjacent to an activating group) is 3. The molecular weight excluding hydrogens is 674 g/mol. The molecular formula is C35H47N9O8. The zero-order valence-corrected chi connectivity index (χ0v) is 30.0. The fourth-order valence-electron chi connectivity index (χ4n) is 6.36. The lowest BCUT2D eigenvalue weighted by Crippen LogP contribution is -2.54. The van der Waals surface area contributed by atoms with Crippen LogP contribution in [0.5, 0.6) is 5.75 Å². The maximum Gasteiger partial charge on any atom is 0.329 e. The second-order valence-electron chi connectivity index (χ2n) is 13.4. The maximum atomic E-state index is 13.5. The van der Waals surface area contributed by atoms with E-state index >= 15 is 0 Å². The highest BCUT2D eigenvalue weighted by atomic mass is 16.7. The van der Waals surface area contributed by atoms with E-state index in [0.717, 1.165) is 17.5 Å². The van der Waals surface area contributed by atoms with Gasteiger partial charge in [-0.2, -0.15) is 0 Å². The molecule has 2 amide bonds. The van der Waals surface area contributed by atoms with Crippen molar-refractivity contribution in [3.63, 3.8) is 0 Å². The van der Waals surface area contributed by atoms with Gasteiger partial charge in [0.1, 0.15) is 42.8 Å².